The second-order valence-corrected chi connectivity index (χ2v) is 5.93. The zero-order chi connectivity index (χ0) is 11.0. The molecule has 4 nitrogen and oxygen atoms in total. The zero-order valence-electron chi connectivity index (χ0n) is 9.53. The third-order valence-electron chi connectivity index (χ3n) is 3.57. The summed E-state index contributed by atoms with van der Waals surface area (Å²) in [5.41, 5.74) is 0.0212. The van der Waals surface area contributed by atoms with Gasteiger partial charge < -0.3 is 9.84 Å². The van der Waals surface area contributed by atoms with Gasteiger partial charge in [0.1, 0.15) is 0 Å². The Bertz CT molecular complexity index is 369. The van der Waals surface area contributed by atoms with Crippen LogP contribution in [0.3, 0.4) is 0 Å². The van der Waals surface area contributed by atoms with Crippen molar-refractivity contribution in [3.63, 3.8) is 0 Å². The fourth-order valence-electron chi connectivity index (χ4n) is 2.50. The summed E-state index contributed by atoms with van der Waals surface area (Å²) in [6.45, 7) is 1.86. The van der Waals surface area contributed by atoms with E-state index in [-0.39, 0.29) is 5.54 Å². The molecule has 0 spiro atoms. The Morgan fingerprint density at radius 3 is 2.88 bits per heavy atom. The quantitative estimate of drug-likeness (QED) is 0.872. The van der Waals surface area contributed by atoms with Crippen LogP contribution in [0.25, 0.3) is 0 Å². The van der Waals surface area contributed by atoms with Crippen molar-refractivity contribution in [1.29, 1.82) is 0 Å². The lowest BCUT2D eigenvalue weighted by atomic mass is 9.75. The van der Waals surface area contributed by atoms with Gasteiger partial charge in [-0.05, 0) is 31.4 Å². The van der Waals surface area contributed by atoms with Crippen LogP contribution < -0.4 is 5.32 Å². The first-order valence-corrected chi connectivity index (χ1v) is 7.10. The van der Waals surface area contributed by atoms with Gasteiger partial charge >= 0.3 is 0 Å². The monoisotopic (exact) mass is 239 g/mol. The van der Waals surface area contributed by atoms with Gasteiger partial charge in [-0.3, -0.25) is 0 Å². The Labute approximate surface area is 99.6 Å². The first-order chi connectivity index (χ1) is 7.78. The van der Waals surface area contributed by atoms with Crippen molar-refractivity contribution in [2.75, 3.05) is 11.5 Å². The van der Waals surface area contributed by atoms with Gasteiger partial charge in [-0.15, -0.1) is 0 Å². The highest BCUT2D eigenvalue weighted by molar-refractivity contribution is 7.99. The van der Waals surface area contributed by atoms with Crippen LogP contribution in [0.1, 0.15) is 37.4 Å². The lowest BCUT2D eigenvalue weighted by molar-refractivity contribution is 0.151. The van der Waals surface area contributed by atoms with E-state index in [1.54, 1.807) is 0 Å². The first kappa shape index (κ1) is 10.6. The highest BCUT2D eigenvalue weighted by Crippen LogP contribution is 2.41. The molecule has 88 valence electrons. The third-order valence-corrected chi connectivity index (χ3v) is 4.74. The molecule has 2 fully saturated rings. The maximum atomic E-state index is 5.10. The summed E-state index contributed by atoms with van der Waals surface area (Å²) in [4.78, 5) is 4.40. The van der Waals surface area contributed by atoms with E-state index in [0.29, 0.717) is 11.9 Å². The highest BCUT2D eigenvalue weighted by atomic mass is 32.2. The molecule has 3 rings (SSSR count). The number of hydrogen-bond donors (Lipinski definition) is 1. The summed E-state index contributed by atoms with van der Waals surface area (Å²) in [5.74, 6) is 4.04. The molecular weight excluding hydrogens is 222 g/mol. The maximum absolute atomic E-state index is 5.10. The summed E-state index contributed by atoms with van der Waals surface area (Å²) < 4.78 is 5.10. The molecule has 2 heterocycles. The van der Waals surface area contributed by atoms with Crippen molar-refractivity contribution in [2.45, 2.75) is 44.2 Å². The van der Waals surface area contributed by atoms with Crippen LogP contribution in [0, 0.1) is 6.92 Å². The Morgan fingerprint density at radius 2 is 2.38 bits per heavy atom. The molecule has 1 aromatic rings. The molecule has 0 amide bonds. The third kappa shape index (κ3) is 1.76. The van der Waals surface area contributed by atoms with Crippen molar-refractivity contribution in [3.8, 4) is 0 Å². The molecule has 1 saturated heterocycles. The first-order valence-electron chi connectivity index (χ1n) is 5.95. The number of nitrogens with zero attached hydrogens (tertiary/aromatic N) is 2. The molecule has 2 aliphatic rings. The number of rotatable bonds is 3. The van der Waals surface area contributed by atoms with Crippen LogP contribution >= 0.6 is 11.8 Å². The van der Waals surface area contributed by atoms with Crippen LogP contribution in [-0.2, 0) is 5.54 Å². The van der Waals surface area contributed by atoms with E-state index >= 15 is 0 Å². The topological polar surface area (TPSA) is 51.0 Å². The molecule has 0 radical (unpaired) electrons. The summed E-state index contributed by atoms with van der Waals surface area (Å²) >= 11 is 2.03. The van der Waals surface area contributed by atoms with E-state index in [0.717, 1.165) is 18.7 Å². The van der Waals surface area contributed by atoms with E-state index in [9.17, 15) is 0 Å². The van der Waals surface area contributed by atoms with Crippen molar-refractivity contribution in [3.05, 3.63) is 11.7 Å². The molecule has 1 aromatic heterocycles. The fraction of sp³-hybridized carbons (Fsp3) is 0.818. The van der Waals surface area contributed by atoms with Crippen LogP contribution in [0.4, 0.5) is 0 Å². The number of aromatic nitrogens is 2. The van der Waals surface area contributed by atoms with Gasteiger partial charge in [0.15, 0.2) is 5.82 Å². The van der Waals surface area contributed by atoms with Crippen LogP contribution in [0.2, 0.25) is 0 Å². The smallest absolute Gasteiger partial charge is 0.223 e. The zero-order valence-corrected chi connectivity index (χ0v) is 10.3. The molecule has 5 heteroatoms. The fourth-order valence-corrected chi connectivity index (χ4v) is 3.65. The minimum atomic E-state index is 0.0212. The Morgan fingerprint density at radius 1 is 1.50 bits per heavy atom. The molecule has 1 N–H and O–H groups in total. The molecule has 0 unspecified atom stereocenters. The van der Waals surface area contributed by atoms with E-state index in [4.69, 9.17) is 4.52 Å². The minimum Gasteiger partial charge on any atom is -0.340 e. The van der Waals surface area contributed by atoms with E-state index in [1.807, 2.05) is 18.7 Å². The van der Waals surface area contributed by atoms with Gasteiger partial charge in [0, 0.05) is 18.7 Å². The second-order valence-electron chi connectivity index (χ2n) is 4.78. The highest BCUT2D eigenvalue weighted by Gasteiger charge is 2.44. The van der Waals surface area contributed by atoms with Gasteiger partial charge in [-0.25, -0.2) is 0 Å². The molecule has 0 bridgehead atoms. The average Bonchev–Trinajstić information content (AvgIpc) is 2.82. The lowest BCUT2D eigenvalue weighted by Gasteiger charge is -2.41. The molecule has 16 heavy (non-hydrogen) atoms. The molecule has 1 atom stereocenters. The molecular formula is C11H17N3OS. The normalized spacial score (nSPS) is 27.9. The summed E-state index contributed by atoms with van der Waals surface area (Å²) in [6, 6.07) is 0.629. The van der Waals surface area contributed by atoms with Crippen LogP contribution in [-0.4, -0.2) is 27.7 Å². The minimum absolute atomic E-state index is 0.0212. The number of aryl methyl sites for hydroxylation is 1. The van der Waals surface area contributed by atoms with Crippen molar-refractivity contribution in [2.24, 2.45) is 0 Å². The Balaban J connectivity index is 1.77. The summed E-state index contributed by atoms with van der Waals surface area (Å²) in [6.07, 6.45) is 4.82. The predicted molar refractivity (Wildman–Crippen MR) is 63.4 cm³/mol. The number of thioether (sulfide) groups is 1. The SMILES string of the molecule is Cc1nc(C2(N[C@@H]3CCSC3)CCC2)no1. The van der Waals surface area contributed by atoms with E-state index in [1.165, 1.54) is 24.3 Å². The molecule has 1 aliphatic carbocycles. The van der Waals surface area contributed by atoms with Crippen LogP contribution in [0.15, 0.2) is 4.52 Å². The Hall–Kier alpha value is -0.550. The van der Waals surface area contributed by atoms with Gasteiger partial charge in [-0.1, -0.05) is 5.16 Å². The predicted octanol–water partition coefficient (Wildman–Crippen LogP) is 1.85. The van der Waals surface area contributed by atoms with Crippen molar-refractivity contribution >= 4 is 11.8 Å². The van der Waals surface area contributed by atoms with E-state index in [2.05, 4.69) is 15.5 Å². The van der Waals surface area contributed by atoms with Gasteiger partial charge in [0.05, 0.1) is 5.54 Å². The molecule has 0 aromatic carbocycles. The molecule has 1 saturated carbocycles. The maximum Gasteiger partial charge on any atom is 0.223 e. The Kier molecular flexibility index (Phi) is 2.67. The van der Waals surface area contributed by atoms with Gasteiger partial charge in [0.2, 0.25) is 5.89 Å². The van der Waals surface area contributed by atoms with Crippen molar-refractivity contribution < 1.29 is 4.52 Å². The average molecular weight is 239 g/mol. The van der Waals surface area contributed by atoms with Crippen LogP contribution in [0.5, 0.6) is 0 Å². The van der Waals surface area contributed by atoms with E-state index < -0.39 is 0 Å². The van der Waals surface area contributed by atoms with Crippen molar-refractivity contribution in [1.82, 2.24) is 15.5 Å². The summed E-state index contributed by atoms with van der Waals surface area (Å²) in [5, 5.41) is 7.85. The van der Waals surface area contributed by atoms with Gasteiger partial charge in [-0.2, -0.15) is 16.7 Å². The molecule has 1 aliphatic heterocycles. The number of nitrogens with one attached hydrogen (secondary N) is 1. The lowest BCUT2D eigenvalue weighted by Crippen LogP contribution is -2.53. The number of hydrogen-bond acceptors (Lipinski definition) is 5. The standard InChI is InChI=1S/C11H17N3OS/c1-8-12-10(14-15-8)11(4-2-5-11)13-9-3-6-16-7-9/h9,13H,2-7H2,1H3/t9-/m1/s1. The largest absolute Gasteiger partial charge is 0.340 e. The second kappa shape index (κ2) is 4.04. The van der Waals surface area contributed by atoms with Gasteiger partial charge in [0.25, 0.3) is 0 Å². The summed E-state index contributed by atoms with van der Waals surface area (Å²) in [7, 11) is 0.